The van der Waals surface area contributed by atoms with E-state index < -0.39 is 17.2 Å². The van der Waals surface area contributed by atoms with E-state index in [-0.39, 0.29) is 13.2 Å². The highest BCUT2D eigenvalue weighted by Gasteiger charge is 2.19. The zero-order chi connectivity index (χ0) is 21.7. The van der Waals surface area contributed by atoms with Gasteiger partial charge < -0.3 is 14.2 Å². The highest BCUT2D eigenvalue weighted by molar-refractivity contribution is 5.75. The van der Waals surface area contributed by atoms with Gasteiger partial charge in [-0.1, -0.05) is 13.3 Å². The number of carbonyl (C=O) groups excluding carboxylic acids is 1. The quantitative estimate of drug-likeness (QED) is 0.505. The average Bonchev–Trinajstić information content (AvgIpc) is 3.11. The molecule has 160 valence electrons. The molecule has 0 fully saturated rings. The number of nitrogens with zero attached hydrogens (tertiary/aromatic N) is 6. The molecule has 3 heterocycles. The number of anilines is 1. The van der Waals surface area contributed by atoms with Gasteiger partial charge in [0.25, 0.3) is 5.56 Å². The molecule has 0 spiro atoms. The topological polar surface area (TPSA) is 128 Å². The molecule has 11 heteroatoms. The van der Waals surface area contributed by atoms with Gasteiger partial charge in [0.05, 0.1) is 0 Å². The average molecular weight is 415 g/mol. The molecule has 0 atom stereocenters. The van der Waals surface area contributed by atoms with Gasteiger partial charge in [0.15, 0.2) is 11.2 Å². The number of carbonyl (C=O) groups is 1. The summed E-state index contributed by atoms with van der Waals surface area (Å²) >= 11 is 0. The van der Waals surface area contributed by atoms with Crippen LogP contribution in [0, 0.1) is 0 Å². The summed E-state index contributed by atoms with van der Waals surface area (Å²) in [5, 5.41) is 0. The Labute approximate surface area is 172 Å². The third kappa shape index (κ3) is 4.39. The summed E-state index contributed by atoms with van der Waals surface area (Å²) in [6, 6.07) is 1.69. The van der Waals surface area contributed by atoms with Crippen molar-refractivity contribution in [2.75, 3.05) is 18.5 Å². The molecule has 3 aromatic rings. The number of rotatable bonds is 9. The molecule has 3 aromatic heterocycles. The summed E-state index contributed by atoms with van der Waals surface area (Å²) in [6.07, 6.45) is 4.84. The van der Waals surface area contributed by atoms with Crippen LogP contribution in [0.3, 0.4) is 0 Å². The number of ether oxygens (including phenoxy) is 1. The van der Waals surface area contributed by atoms with Gasteiger partial charge in [-0.25, -0.2) is 19.7 Å². The third-order valence-corrected chi connectivity index (χ3v) is 4.64. The molecule has 11 nitrogen and oxygen atoms in total. The summed E-state index contributed by atoms with van der Waals surface area (Å²) in [4.78, 5) is 53.4. The van der Waals surface area contributed by atoms with Crippen LogP contribution in [-0.2, 0) is 29.2 Å². The normalized spacial score (nSPS) is 11.0. The number of imidazole rings is 1. The first-order valence-electron chi connectivity index (χ1n) is 9.82. The lowest BCUT2D eigenvalue weighted by Gasteiger charge is -2.15. The van der Waals surface area contributed by atoms with Crippen LogP contribution in [0.2, 0.25) is 0 Å². The molecule has 0 aromatic carbocycles. The van der Waals surface area contributed by atoms with Crippen LogP contribution in [0.1, 0.15) is 32.5 Å². The fourth-order valence-corrected chi connectivity index (χ4v) is 3.14. The van der Waals surface area contributed by atoms with E-state index in [2.05, 4.69) is 19.9 Å². The van der Waals surface area contributed by atoms with Gasteiger partial charge in [-0.15, -0.1) is 0 Å². The van der Waals surface area contributed by atoms with Crippen molar-refractivity contribution in [3.8, 4) is 0 Å². The summed E-state index contributed by atoms with van der Waals surface area (Å²) < 4.78 is 8.48. The molecule has 0 aliphatic rings. The Hall–Kier alpha value is -3.50. The predicted molar refractivity (Wildman–Crippen MR) is 110 cm³/mol. The number of H-pyrrole nitrogens is 1. The Morgan fingerprint density at radius 3 is 2.60 bits per heavy atom. The van der Waals surface area contributed by atoms with Crippen LogP contribution in [0.4, 0.5) is 5.95 Å². The van der Waals surface area contributed by atoms with Crippen LogP contribution < -0.4 is 16.1 Å². The molecule has 0 radical (unpaired) electrons. The lowest BCUT2D eigenvalue weighted by Crippen LogP contribution is -2.31. The molecule has 0 bridgehead atoms. The van der Waals surface area contributed by atoms with E-state index in [9.17, 15) is 14.4 Å². The van der Waals surface area contributed by atoms with Crippen LogP contribution in [0.15, 0.2) is 28.0 Å². The summed E-state index contributed by atoms with van der Waals surface area (Å²) in [5.74, 6) is 0.319. The van der Waals surface area contributed by atoms with Crippen LogP contribution in [0.5, 0.6) is 0 Å². The molecule has 30 heavy (non-hydrogen) atoms. The van der Waals surface area contributed by atoms with Gasteiger partial charge in [-0.2, -0.15) is 0 Å². The number of fused-ring (bicyclic) bond motifs is 1. The van der Waals surface area contributed by atoms with Crippen molar-refractivity contribution >= 4 is 23.1 Å². The maximum atomic E-state index is 12.4. The minimum atomic E-state index is -0.504. The van der Waals surface area contributed by atoms with Gasteiger partial charge in [-0.05, 0) is 19.4 Å². The smallest absolute Gasteiger partial charge is 0.330 e. The van der Waals surface area contributed by atoms with E-state index in [4.69, 9.17) is 4.74 Å². The number of unbranched alkanes of at least 4 members (excludes halogenated alkanes) is 1. The fourth-order valence-electron chi connectivity index (χ4n) is 3.14. The second-order valence-electron chi connectivity index (χ2n) is 6.77. The molecule has 0 aliphatic heterocycles. The van der Waals surface area contributed by atoms with Gasteiger partial charge in [-0.3, -0.25) is 19.1 Å². The number of aromatic nitrogens is 6. The summed E-state index contributed by atoms with van der Waals surface area (Å²) in [6.45, 7) is 4.60. The van der Waals surface area contributed by atoms with E-state index >= 15 is 0 Å². The predicted octanol–water partition coefficient (Wildman–Crippen LogP) is 0.676. The molecule has 3 rings (SSSR count). The Balaban J connectivity index is 1.82. The first kappa shape index (κ1) is 21.2. The number of likely N-dealkylation sites (N-methyl/N-ethyl adjacent to an activating group) is 1. The molecule has 0 amide bonds. The zero-order valence-corrected chi connectivity index (χ0v) is 17.3. The maximum absolute atomic E-state index is 12.4. The highest BCUT2D eigenvalue weighted by atomic mass is 16.5. The van der Waals surface area contributed by atoms with Crippen molar-refractivity contribution in [2.24, 2.45) is 0 Å². The van der Waals surface area contributed by atoms with E-state index in [1.54, 1.807) is 35.0 Å². The fraction of sp³-hybridized carbons (Fsp3) is 0.474. The van der Waals surface area contributed by atoms with Crippen molar-refractivity contribution in [3.05, 3.63) is 45.1 Å². The second kappa shape index (κ2) is 9.33. The SMILES string of the molecule is CCCCn1c(=O)[nH]c(=O)c2c1nc(COC(=O)CN(C)c1ncccn1)n2CC. The van der Waals surface area contributed by atoms with E-state index in [0.29, 0.717) is 36.0 Å². The summed E-state index contributed by atoms with van der Waals surface area (Å²) in [7, 11) is 1.68. The Kier molecular flexibility index (Phi) is 6.60. The van der Waals surface area contributed by atoms with Crippen LogP contribution >= 0.6 is 0 Å². The van der Waals surface area contributed by atoms with Gasteiger partial charge in [0, 0.05) is 32.5 Å². The van der Waals surface area contributed by atoms with Crippen molar-refractivity contribution in [1.82, 2.24) is 29.1 Å². The van der Waals surface area contributed by atoms with E-state index in [1.807, 2.05) is 13.8 Å². The maximum Gasteiger partial charge on any atom is 0.330 e. The molecule has 0 saturated heterocycles. The van der Waals surface area contributed by atoms with Crippen LogP contribution in [0.25, 0.3) is 11.2 Å². The first-order valence-corrected chi connectivity index (χ1v) is 9.82. The number of aromatic amines is 1. The minimum Gasteiger partial charge on any atom is -0.456 e. The van der Waals surface area contributed by atoms with Gasteiger partial charge in [0.1, 0.15) is 19.0 Å². The van der Waals surface area contributed by atoms with Crippen LogP contribution in [-0.4, -0.2) is 48.6 Å². The second-order valence-corrected chi connectivity index (χ2v) is 6.77. The van der Waals surface area contributed by atoms with E-state index in [0.717, 1.165) is 12.8 Å². The first-order chi connectivity index (χ1) is 14.5. The Bertz CT molecular complexity index is 1130. The third-order valence-electron chi connectivity index (χ3n) is 4.64. The van der Waals surface area contributed by atoms with Crippen molar-refractivity contribution in [2.45, 2.75) is 46.4 Å². The zero-order valence-electron chi connectivity index (χ0n) is 17.3. The number of hydrogen-bond donors (Lipinski definition) is 1. The number of hydrogen-bond acceptors (Lipinski definition) is 8. The Morgan fingerprint density at radius 2 is 1.93 bits per heavy atom. The standard InChI is InChI=1S/C19H25N7O4/c1-4-6-10-26-16-15(17(28)23-19(26)29)25(5-2)13(22-16)12-30-14(27)11-24(3)18-20-8-7-9-21-18/h7-9H,4-6,10-12H2,1-3H3,(H,23,28,29). The largest absolute Gasteiger partial charge is 0.456 e. The lowest BCUT2D eigenvalue weighted by molar-refractivity contribution is -0.143. The van der Waals surface area contributed by atoms with Gasteiger partial charge in [0.2, 0.25) is 5.95 Å². The van der Waals surface area contributed by atoms with Crippen molar-refractivity contribution < 1.29 is 9.53 Å². The van der Waals surface area contributed by atoms with Crippen molar-refractivity contribution in [1.29, 1.82) is 0 Å². The Morgan fingerprint density at radius 1 is 1.20 bits per heavy atom. The minimum absolute atomic E-state index is 0.0435. The monoisotopic (exact) mass is 415 g/mol. The highest BCUT2D eigenvalue weighted by Crippen LogP contribution is 2.13. The summed E-state index contributed by atoms with van der Waals surface area (Å²) in [5.41, 5.74) is -0.390. The molecule has 0 saturated carbocycles. The molecule has 0 unspecified atom stereocenters. The van der Waals surface area contributed by atoms with Gasteiger partial charge >= 0.3 is 11.7 Å². The number of aryl methyl sites for hydroxylation is 2. The van der Waals surface area contributed by atoms with Crippen molar-refractivity contribution in [3.63, 3.8) is 0 Å². The number of nitrogens with one attached hydrogen (secondary N) is 1. The lowest BCUT2D eigenvalue weighted by atomic mass is 10.3. The molecular formula is C19H25N7O4. The molecular weight excluding hydrogens is 390 g/mol. The van der Waals surface area contributed by atoms with E-state index in [1.165, 1.54) is 4.57 Å². The molecule has 0 aliphatic carbocycles. The number of esters is 1. The molecule has 1 N–H and O–H groups in total.